The van der Waals surface area contributed by atoms with Crippen LogP contribution in [0.2, 0.25) is 0 Å². The zero-order chi connectivity index (χ0) is 13.9. The fraction of sp³-hybridized carbons (Fsp3) is 0.333. The average molecular weight is 270 g/mol. The molecule has 20 heavy (non-hydrogen) atoms. The molecule has 1 aliphatic heterocycles. The lowest BCUT2D eigenvalue weighted by molar-refractivity contribution is 0.0719. The number of hydrogen-bond donors (Lipinski definition) is 2. The first-order valence-corrected chi connectivity index (χ1v) is 6.92. The number of piperidine rings is 1. The molecular weight excluding hydrogens is 252 g/mol. The second-order valence-electron chi connectivity index (χ2n) is 5.16. The summed E-state index contributed by atoms with van der Waals surface area (Å²) in [5.74, 6) is 0.0767. The van der Waals surface area contributed by atoms with E-state index in [4.69, 9.17) is 5.73 Å². The molecule has 2 aromatic heterocycles. The van der Waals surface area contributed by atoms with Gasteiger partial charge in [-0.15, -0.1) is 0 Å². The molecule has 104 valence electrons. The van der Waals surface area contributed by atoms with Crippen molar-refractivity contribution >= 4 is 11.6 Å². The Bertz CT molecular complexity index is 614. The van der Waals surface area contributed by atoms with E-state index < -0.39 is 0 Å². The van der Waals surface area contributed by atoms with Crippen LogP contribution in [0.4, 0.5) is 5.69 Å². The van der Waals surface area contributed by atoms with Crippen molar-refractivity contribution < 1.29 is 4.79 Å². The monoisotopic (exact) mass is 270 g/mol. The highest BCUT2D eigenvalue weighted by Gasteiger charge is 2.19. The largest absolute Gasteiger partial charge is 0.397 e. The van der Waals surface area contributed by atoms with Crippen LogP contribution in [-0.2, 0) is 0 Å². The highest BCUT2D eigenvalue weighted by Crippen LogP contribution is 2.22. The van der Waals surface area contributed by atoms with Gasteiger partial charge in [0, 0.05) is 42.8 Å². The molecule has 0 aromatic carbocycles. The second kappa shape index (κ2) is 5.36. The molecule has 5 heteroatoms. The maximum atomic E-state index is 12.4. The summed E-state index contributed by atoms with van der Waals surface area (Å²) < 4.78 is 0. The molecule has 0 saturated carbocycles. The van der Waals surface area contributed by atoms with Gasteiger partial charge in [-0.25, -0.2) is 0 Å². The number of aromatic amines is 1. The van der Waals surface area contributed by atoms with Crippen LogP contribution in [0.25, 0.3) is 11.1 Å². The number of carbonyl (C=O) groups is 1. The number of nitrogens with two attached hydrogens (primary N) is 1. The number of hydrogen-bond acceptors (Lipinski definition) is 3. The highest BCUT2D eigenvalue weighted by atomic mass is 16.2. The van der Waals surface area contributed by atoms with Gasteiger partial charge < -0.3 is 15.6 Å². The number of H-pyrrole nitrogens is 1. The van der Waals surface area contributed by atoms with E-state index in [1.165, 1.54) is 6.42 Å². The van der Waals surface area contributed by atoms with Crippen LogP contribution >= 0.6 is 0 Å². The third kappa shape index (κ3) is 2.52. The van der Waals surface area contributed by atoms with E-state index in [-0.39, 0.29) is 5.91 Å². The van der Waals surface area contributed by atoms with Crippen molar-refractivity contribution in [2.24, 2.45) is 0 Å². The zero-order valence-electron chi connectivity index (χ0n) is 11.3. The van der Waals surface area contributed by atoms with Crippen molar-refractivity contribution in [3.63, 3.8) is 0 Å². The summed E-state index contributed by atoms with van der Waals surface area (Å²) in [4.78, 5) is 21.4. The van der Waals surface area contributed by atoms with Crippen molar-refractivity contribution in [3.8, 4) is 11.1 Å². The van der Waals surface area contributed by atoms with Crippen LogP contribution < -0.4 is 5.73 Å². The Hall–Kier alpha value is -2.30. The molecule has 0 atom stereocenters. The topological polar surface area (TPSA) is 75.0 Å². The number of nitrogens with zero attached hydrogens (tertiary/aromatic N) is 2. The summed E-state index contributed by atoms with van der Waals surface area (Å²) in [6.45, 7) is 1.71. The van der Waals surface area contributed by atoms with Gasteiger partial charge in [0.25, 0.3) is 5.91 Å². The van der Waals surface area contributed by atoms with Crippen molar-refractivity contribution in [2.45, 2.75) is 19.3 Å². The third-order valence-electron chi connectivity index (χ3n) is 3.65. The van der Waals surface area contributed by atoms with Gasteiger partial charge >= 0.3 is 0 Å². The lowest BCUT2D eigenvalue weighted by Gasteiger charge is -2.26. The standard InChI is InChI=1S/C15H18N4O/c16-13-6-11(8-17-10-13)12-7-14(18-9-12)15(20)19-4-2-1-3-5-19/h6-10,18H,1-5,16H2. The Morgan fingerprint density at radius 2 is 1.95 bits per heavy atom. The molecule has 3 heterocycles. The van der Waals surface area contributed by atoms with E-state index in [2.05, 4.69) is 9.97 Å². The maximum Gasteiger partial charge on any atom is 0.270 e. The van der Waals surface area contributed by atoms with Gasteiger partial charge in [-0.05, 0) is 31.4 Å². The molecule has 0 bridgehead atoms. The van der Waals surface area contributed by atoms with Crippen molar-refractivity contribution in [1.29, 1.82) is 0 Å². The summed E-state index contributed by atoms with van der Waals surface area (Å²) in [6, 6.07) is 3.72. The fourth-order valence-electron chi connectivity index (χ4n) is 2.57. The van der Waals surface area contributed by atoms with E-state index in [9.17, 15) is 4.79 Å². The van der Waals surface area contributed by atoms with Gasteiger partial charge in [0.15, 0.2) is 0 Å². The fourth-order valence-corrected chi connectivity index (χ4v) is 2.57. The minimum Gasteiger partial charge on any atom is -0.397 e. The molecule has 0 radical (unpaired) electrons. The predicted octanol–water partition coefficient (Wildman–Crippen LogP) is 2.29. The van der Waals surface area contributed by atoms with E-state index in [0.29, 0.717) is 11.4 Å². The summed E-state index contributed by atoms with van der Waals surface area (Å²) >= 11 is 0. The molecule has 3 rings (SSSR count). The summed E-state index contributed by atoms with van der Waals surface area (Å²) in [6.07, 6.45) is 8.59. The molecular formula is C15H18N4O. The number of amides is 1. The number of anilines is 1. The molecule has 1 fully saturated rings. The molecule has 3 N–H and O–H groups in total. The predicted molar refractivity (Wildman–Crippen MR) is 78.2 cm³/mol. The molecule has 5 nitrogen and oxygen atoms in total. The van der Waals surface area contributed by atoms with Crippen LogP contribution in [0.3, 0.4) is 0 Å². The molecule has 0 unspecified atom stereocenters. The number of likely N-dealkylation sites (tertiary alicyclic amines) is 1. The van der Waals surface area contributed by atoms with Crippen LogP contribution in [0, 0.1) is 0 Å². The van der Waals surface area contributed by atoms with Crippen LogP contribution in [0.5, 0.6) is 0 Å². The molecule has 1 saturated heterocycles. The van der Waals surface area contributed by atoms with Gasteiger partial charge in [-0.1, -0.05) is 0 Å². The SMILES string of the molecule is Nc1cncc(-c2c[nH]c(C(=O)N3CCCCC3)c2)c1. The number of carbonyl (C=O) groups excluding carboxylic acids is 1. The number of nitrogen functional groups attached to an aromatic ring is 1. The lowest BCUT2D eigenvalue weighted by atomic mass is 10.1. The Morgan fingerprint density at radius 3 is 2.70 bits per heavy atom. The van der Waals surface area contributed by atoms with Crippen LogP contribution in [0.15, 0.2) is 30.7 Å². The first-order valence-electron chi connectivity index (χ1n) is 6.92. The Labute approximate surface area is 117 Å². The molecule has 2 aromatic rings. The third-order valence-corrected chi connectivity index (χ3v) is 3.65. The Balaban J connectivity index is 1.81. The molecule has 0 spiro atoms. The van der Waals surface area contributed by atoms with Gasteiger partial charge in [-0.3, -0.25) is 9.78 Å². The van der Waals surface area contributed by atoms with E-state index in [0.717, 1.165) is 37.1 Å². The van der Waals surface area contributed by atoms with Crippen LogP contribution in [-0.4, -0.2) is 33.9 Å². The van der Waals surface area contributed by atoms with Crippen LogP contribution in [0.1, 0.15) is 29.8 Å². The second-order valence-corrected chi connectivity index (χ2v) is 5.16. The van der Waals surface area contributed by atoms with Gasteiger partial charge in [0.05, 0.1) is 5.69 Å². The molecule has 1 amide bonds. The minimum atomic E-state index is 0.0767. The number of rotatable bonds is 2. The first-order chi connectivity index (χ1) is 9.74. The zero-order valence-corrected chi connectivity index (χ0v) is 11.3. The quantitative estimate of drug-likeness (QED) is 0.879. The smallest absolute Gasteiger partial charge is 0.270 e. The van der Waals surface area contributed by atoms with Gasteiger partial charge in [0.2, 0.25) is 0 Å². The maximum absolute atomic E-state index is 12.4. The van der Waals surface area contributed by atoms with E-state index in [1.54, 1.807) is 12.4 Å². The lowest BCUT2D eigenvalue weighted by Crippen LogP contribution is -2.35. The number of pyridine rings is 1. The summed E-state index contributed by atoms with van der Waals surface area (Å²) in [7, 11) is 0. The number of nitrogens with one attached hydrogen (secondary N) is 1. The van der Waals surface area contributed by atoms with Crippen molar-refractivity contribution in [1.82, 2.24) is 14.9 Å². The first kappa shape index (κ1) is 12.7. The molecule has 1 aliphatic rings. The summed E-state index contributed by atoms with van der Waals surface area (Å²) in [5, 5.41) is 0. The molecule has 0 aliphatic carbocycles. The van der Waals surface area contributed by atoms with E-state index >= 15 is 0 Å². The Kier molecular flexibility index (Phi) is 3.41. The van der Waals surface area contributed by atoms with Crippen molar-refractivity contribution in [3.05, 3.63) is 36.4 Å². The minimum absolute atomic E-state index is 0.0767. The Morgan fingerprint density at radius 1 is 1.15 bits per heavy atom. The summed E-state index contributed by atoms with van der Waals surface area (Å²) in [5.41, 5.74) is 8.83. The normalized spacial score (nSPS) is 15.3. The van der Waals surface area contributed by atoms with E-state index in [1.807, 2.05) is 23.2 Å². The van der Waals surface area contributed by atoms with Gasteiger partial charge in [0.1, 0.15) is 5.69 Å². The van der Waals surface area contributed by atoms with Gasteiger partial charge in [-0.2, -0.15) is 0 Å². The highest BCUT2D eigenvalue weighted by molar-refractivity contribution is 5.94. The average Bonchev–Trinajstić information content (AvgIpc) is 2.97. The number of aromatic nitrogens is 2. The van der Waals surface area contributed by atoms with Crippen molar-refractivity contribution in [2.75, 3.05) is 18.8 Å².